The molecule has 4 aromatic rings. The number of rotatable bonds is 5. The van der Waals surface area contributed by atoms with Crippen molar-refractivity contribution in [3.05, 3.63) is 78.9 Å². The third-order valence-corrected chi connectivity index (χ3v) is 4.97. The van der Waals surface area contributed by atoms with Crippen LogP contribution in [0.1, 0.15) is 13.8 Å². The Labute approximate surface area is 160 Å². The maximum atomic E-state index is 9.36. The first-order chi connectivity index (χ1) is 13.1. The Morgan fingerprint density at radius 3 is 2.15 bits per heavy atom. The van der Waals surface area contributed by atoms with Gasteiger partial charge in [0.25, 0.3) is 0 Å². The molecule has 4 rings (SSSR count). The topological polar surface area (TPSA) is 29.5 Å². The first-order valence-corrected chi connectivity index (χ1v) is 9.31. The predicted molar refractivity (Wildman–Crippen MR) is 113 cm³/mol. The van der Waals surface area contributed by atoms with Gasteiger partial charge >= 0.3 is 0 Å². The Bertz CT molecular complexity index is 1080. The van der Waals surface area contributed by atoms with E-state index in [-0.39, 0.29) is 12.0 Å². The maximum Gasteiger partial charge on any atom is 0.119 e. The molecule has 0 fully saturated rings. The van der Waals surface area contributed by atoms with Gasteiger partial charge in [-0.15, -0.1) is 0 Å². The molecule has 0 spiro atoms. The van der Waals surface area contributed by atoms with Gasteiger partial charge in [-0.05, 0) is 56.9 Å². The lowest BCUT2D eigenvalue weighted by atomic mass is 9.95. The molecule has 0 aliphatic rings. The second kappa shape index (κ2) is 7.05. The fourth-order valence-corrected chi connectivity index (χ4v) is 3.27. The lowest BCUT2D eigenvalue weighted by Crippen LogP contribution is -2.25. The van der Waals surface area contributed by atoms with E-state index in [1.165, 1.54) is 32.7 Å². The summed E-state index contributed by atoms with van der Waals surface area (Å²) in [6, 6.07) is 27.7. The molecule has 1 N–H and O–H groups in total. The second-order valence-electron chi connectivity index (χ2n) is 7.86. The first kappa shape index (κ1) is 17.6. The van der Waals surface area contributed by atoms with Crippen molar-refractivity contribution in [1.82, 2.24) is 0 Å². The summed E-state index contributed by atoms with van der Waals surface area (Å²) in [5, 5.41) is 14.4. The van der Waals surface area contributed by atoms with Crippen molar-refractivity contribution in [1.29, 1.82) is 0 Å². The normalized spacial score (nSPS) is 11.8. The summed E-state index contributed by atoms with van der Waals surface area (Å²) in [7, 11) is 0. The molecule has 0 atom stereocenters. The van der Waals surface area contributed by atoms with Crippen LogP contribution in [-0.4, -0.2) is 18.3 Å². The van der Waals surface area contributed by atoms with Gasteiger partial charge in [0.1, 0.15) is 5.75 Å². The van der Waals surface area contributed by atoms with Crippen molar-refractivity contribution < 1.29 is 9.84 Å². The van der Waals surface area contributed by atoms with Crippen molar-refractivity contribution in [3.63, 3.8) is 0 Å². The summed E-state index contributed by atoms with van der Waals surface area (Å²) in [5.74, 6) is 0.825. The highest BCUT2D eigenvalue weighted by Crippen LogP contribution is 2.32. The zero-order valence-electron chi connectivity index (χ0n) is 15.8. The van der Waals surface area contributed by atoms with Crippen LogP contribution in [-0.2, 0) is 0 Å². The molecule has 0 heterocycles. The van der Waals surface area contributed by atoms with Crippen molar-refractivity contribution in [2.24, 2.45) is 5.41 Å². The largest absolute Gasteiger partial charge is 0.493 e. The van der Waals surface area contributed by atoms with E-state index in [1.807, 2.05) is 26.0 Å². The van der Waals surface area contributed by atoms with Crippen molar-refractivity contribution in [3.8, 4) is 16.9 Å². The van der Waals surface area contributed by atoms with Gasteiger partial charge in [0.05, 0.1) is 13.2 Å². The minimum absolute atomic E-state index is 0.106. The van der Waals surface area contributed by atoms with Crippen LogP contribution in [0, 0.1) is 5.41 Å². The Balaban J connectivity index is 1.68. The maximum absolute atomic E-state index is 9.36. The number of fused-ring (bicyclic) bond motifs is 2. The number of hydrogen-bond donors (Lipinski definition) is 1. The fraction of sp³-hybridized carbons (Fsp3) is 0.200. The molecule has 0 amide bonds. The lowest BCUT2D eigenvalue weighted by molar-refractivity contribution is 0.0976. The van der Waals surface area contributed by atoms with Crippen LogP contribution in [0.5, 0.6) is 5.75 Å². The molecule has 136 valence electrons. The van der Waals surface area contributed by atoms with Crippen LogP contribution in [0.25, 0.3) is 32.7 Å². The molecule has 0 aliphatic heterocycles. The average molecular weight is 356 g/mol. The van der Waals surface area contributed by atoms with Crippen LogP contribution in [0.4, 0.5) is 0 Å². The highest BCUT2D eigenvalue weighted by molar-refractivity contribution is 6.04. The van der Waals surface area contributed by atoms with Gasteiger partial charge < -0.3 is 9.84 Å². The smallest absolute Gasteiger partial charge is 0.119 e. The monoisotopic (exact) mass is 356 g/mol. The lowest BCUT2D eigenvalue weighted by Gasteiger charge is -2.21. The Hall–Kier alpha value is -2.84. The highest BCUT2D eigenvalue weighted by Gasteiger charge is 2.17. The summed E-state index contributed by atoms with van der Waals surface area (Å²) in [4.78, 5) is 0. The summed E-state index contributed by atoms with van der Waals surface area (Å²) < 4.78 is 5.84. The zero-order valence-corrected chi connectivity index (χ0v) is 15.8. The second-order valence-corrected chi connectivity index (χ2v) is 7.86. The zero-order chi connectivity index (χ0) is 18.9. The van der Waals surface area contributed by atoms with Gasteiger partial charge in [-0.25, -0.2) is 0 Å². The van der Waals surface area contributed by atoms with Gasteiger partial charge in [0, 0.05) is 5.41 Å². The third kappa shape index (κ3) is 3.67. The standard InChI is InChI=1S/C25H24O2/c1-25(2,16-26)17-27-22-12-10-18(11-13-22)23-9-5-8-21-14-19-6-3-4-7-20(19)15-24(21)23/h3-15,26H,16-17H2,1-2H3. The van der Waals surface area contributed by atoms with Gasteiger partial charge in [-0.3, -0.25) is 0 Å². The van der Waals surface area contributed by atoms with E-state index in [2.05, 4.69) is 66.7 Å². The number of hydrogen-bond acceptors (Lipinski definition) is 2. The Kier molecular flexibility index (Phi) is 4.59. The van der Waals surface area contributed by atoms with E-state index in [9.17, 15) is 5.11 Å². The number of benzene rings is 4. The minimum atomic E-state index is -0.241. The van der Waals surface area contributed by atoms with Gasteiger partial charge in [-0.2, -0.15) is 0 Å². The summed E-state index contributed by atoms with van der Waals surface area (Å²) in [6.07, 6.45) is 0. The van der Waals surface area contributed by atoms with Crippen molar-refractivity contribution in [2.45, 2.75) is 13.8 Å². The van der Waals surface area contributed by atoms with Crippen molar-refractivity contribution in [2.75, 3.05) is 13.2 Å². The van der Waals surface area contributed by atoms with E-state index in [4.69, 9.17) is 4.74 Å². The van der Waals surface area contributed by atoms with E-state index in [1.54, 1.807) is 0 Å². The van der Waals surface area contributed by atoms with Gasteiger partial charge in [0.15, 0.2) is 0 Å². The Morgan fingerprint density at radius 2 is 1.44 bits per heavy atom. The fourth-order valence-electron chi connectivity index (χ4n) is 3.27. The molecule has 2 nitrogen and oxygen atoms in total. The molecule has 0 aliphatic carbocycles. The predicted octanol–water partition coefficient (Wildman–Crippen LogP) is 6.06. The third-order valence-electron chi connectivity index (χ3n) is 4.97. The summed E-state index contributed by atoms with van der Waals surface area (Å²) >= 11 is 0. The van der Waals surface area contributed by atoms with Crippen molar-refractivity contribution >= 4 is 21.5 Å². The molecular weight excluding hydrogens is 332 g/mol. The summed E-state index contributed by atoms with van der Waals surface area (Å²) in [6.45, 7) is 4.57. The number of aliphatic hydroxyl groups excluding tert-OH is 1. The van der Waals surface area contributed by atoms with E-state index in [0.717, 1.165) is 5.75 Å². The SMILES string of the molecule is CC(C)(CO)COc1ccc(-c2cccc3cc4ccccc4cc23)cc1. The first-order valence-electron chi connectivity index (χ1n) is 9.31. The molecule has 0 radical (unpaired) electrons. The van der Waals surface area contributed by atoms with E-state index in [0.29, 0.717) is 6.61 Å². The number of ether oxygens (including phenoxy) is 1. The van der Waals surface area contributed by atoms with Gasteiger partial charge in [-0.1, -0.05) is 68.4 Å². The van der Waals surface area contributed by atoms with Crippen LogP contribution in [0.2, 0.25) is 0 Å². The highest BCUT2D eigenvalue weighted by atomic mass is 16.5. The number of aliphatic hydroxyl groups is 1. The average Bonchev–Trinajstić information content (AvgIpc) is 2.71. The molecule has 27 heavy (non-hydrogen) atoms. The molecule has 0 bridgehead atoms. The van der Waals surface area contributed by atoms with Crippen LogP contribution >= 0.6 is 0 Å². The molecule has 2 heteroatoms. The molecular formula is C25H24O2. The molecule has 0 saturated carbocycles. The molecule has 0 aromatic heterocycles. The van der Waals surface area contributed by atoms with Gasteiger partial charge in [0.2, 0.25) is 0 Å². The minimum Gasteiger partial charge on any atom is -0.493 e. The molecule has 0 unspecified atom stereocenters. The van der Waals surface area contributed by atoms with Crippen LogP contribution in [0.3, 0.4) is 0 Å². The van der Waals surface area contributed by atoms with Crippen LogP contribution < -0.4 is 4.74 Å². The van der Waals surface area contributed by atoms with E-state index >= 15 is 0 Å². The Morgan fingerprint density at radius 1 is 0.778 bits per heavy atom. The quantitative estimate of drug-likeness (QED) is 0.441. The molecule has 0 saturated heterocycles. The summed E-state index contributed by atoms with van der Waals surface area (Å²) in [5.41, 5.74) is 2.15. The molecule has 4 aromatic carbocycles. The van der Waals surface area contributed by atoms with E-state index < -0.39 is 0 Å². The van der Waals surface area contributed by atoms with Crippen LogP contribution in [0.15, 0.2) is 78.9 Å².